The van der Waals surface area contributed by atoms with Crippen LogP contribution in [-0.2, 0) is 17.9 Å². The van der Waals surface area contributed by atoms with E-state index in [1.807, 2.05) is 0 Å². The molecule has 0 aliphatic carbocycles. The third-order valence-corrected chi connectivity index (χ3v) is 3.33. The Morgan fingerprint density at radius 3 is 3.00 bits per heavy atom. The van der Waals surface area contributed by atoms with Gasteiger partial charge >= 0.3 is 6.03 Å². The Kier molecular flexibility index (Phi) is 3.25. The van der Waals surface area contributed by atoms with Crippen LogP contribution in [0.4, 0.5) is 9.18 Å². The molecular formula is C13H15FN2O3. The Labute approximate surface area is 110 Å². The first kappa shape index (κ1) is 12.2. The maximum absolute atomic E-state index is 13.5. The summed E-state index contributed by atoms with van der Waals surface area (Å²) in [6.07, 6.45) is 1.04. The average molecular weight is 266 g/mol. The summed E-state index contributed by atoms with van der Waals surface area (Å²) < 4.78 is 24.0. The van der Waals surface area contributed by atoms with Crippen LogP contribution in [0.3, 0.4) is 0 Å². The fraction of sp³-hybridized carbons (Fsp3) is 0.462. The number of hydrogen-bond donors (Lipinski definition) is 1. The third kappa shape index (κ3) is 2.49. The molecule has 2 heterocycles. The molecule has 1 saturated heterocycles. The normalized spacial score (nSPS) is 17.2. The SMILES string of the molecule is O=C(NCc1cc(F)cc2c1OCOC2)N1CCC1. The van der Waals surface area contributed by atoms with Crippen LogP contribution in [0.1, 0.15) is 17.5 Å². The number of ether oxygens (including phenoxy) is 2. The van der Waals surface area contributed by atoms with Gasteiger partial charge in [0.2, 0.25) is 0 Å². The van der Waals surface area contributed by atoms with Crippen molar-refractivity contribution < 1.29 is 18.7 Å². The van der Waals surface area contributed by atoms with Gasteiger partial charge in [0.1, 0.15) is 11.6 Å². The smallest absolute Gasteiger partial charge is 0.317 e. The maximum Gasteiger partial charge on any atom is 0.317 e. The number of fused-ring (bicyclic) bond motifs is 1. The highest BCUT2D eigenvalue weighted by Gasteiger charge is 2.21. The minimum atomic E-state index is -0.346. The molecule has 0 saturated carbocycles. The summed E-state index contributed by atoms with van der Waals surface area (Å²) in [6, 6.07) is 2.67. The van der Waals surface area contributed by atoms with Crippen LogP contribution in [0.5, 0.6) is 5.75 Å². The van der Waals surface area contributed by atoms with Crippen molar-refractivity contribution in [2.45, 2.75) is 19.6 Å². The summed E-state index contributed by atoms with van der Waals surface area (Å²) in [7, 11) is 0. The van der Waals surface area contributed by atoms with Gasteiger partial charge in [0, 0.05) is 30.8 Å². The molecule has 6 heteroatoms. The van der Waals surface area contributed by atoms with Crippen molar-refractivity contribution in [1.29, 1.82) is 0 Å². The molecule has 0 spiro atoms. The second kappa shape index (κ2) is 5.05. The van der Waals surface area contributed by atoms with Gasteiger partial charge in [-0.15, -0.1) is 0 Å². The molecule has 2 aliphatic rings. The molecular weight excluding hydrogens is 251 g/mol. The quantitative estimate of drug-likeness (QED) is 0.884. The molecule has 2 aliphatic heterocycles. The highest BCUT2D eigenvalue weighted by Crippen LogP contribution is 2.29. The van der Waals surface area contributed by atoms with Crippen LogP contribution < -0.4 is 10.1 Å². The van der Waals surface area contributed by atoms with E-state index in [2.05, 4.69) is 5.32 Å². The van der Waals surface area contributed by atoms with E-state index < -0.39 is 0 Å². The lowest BCUT2D eigenvalue weighted by Gasteiger charge is -2.31. The molecule has 19 heavy (non-hydrogen) atoms. The summed E-state index contributed by atoms with van der Waals surface area (Å²) in [5, 5.41) is 2.78. The van der Waals surface area contributed by atoms with Gasteiger partial charge in [-0.25, -0.2) is 9.18 Å². The molecule has 102 valence electrons. The van der Waals surface area contributed by atoms with Crippen molar-refractivity contribution in [2.24, 2.45) is 0 Å². The zero-order valence-electron chi connectivity index (χ0n) is 10.4. The maximum atomic E-state index is 13.5. The molecule has 0 atom stereocenters. The minimum absolute atomic E-state index is 0.115. The Hall–Kier alpha value is -1.82. The largest absolute Gasteiger partial charge is 0.467 e. The van der Waals surface area contributed by atoms with Gasteiger partial charge in [-0.1, -0.05) is 0 Å². The lowest BCUT2D eigenvalue weighted by Crippen LogP contribution is -2.47. The number of urea groups is 1. The Bertz CT molecular complexity index is 503. The van der Waals surface area contributed by atoms with Gasteiger partial charge in [0.15, 0.2) is 6.79 Å². The van der Waals surface area contributed by atoms with Gasteiger partial charge in [-0.3, -0.25) is 0 Å². The van der Waals surface area contributed by atoms with Crippen LogP contribution in [0.25, 0.3) is 0 Å². The molecule has 1 aromatic rings. The average Bonchev–Trinajstić information content (AvgIpc) is 2.33. The number of rotatable bonds is 2. The number of carbonyl (C=O) groups excluding carboxylic acids is 1. The van der Waals surface area contributed by atoms with E-state index in [0.29, 0.717) is 23.5 Å². The monoisotopic (exact) mass is 266 g/mol. The molecule has 0 radical (unpaired) electrons. The van der Waals surface area contributed by atoms with Crippen molar-refractivity contribution in [3.05, 3.63) is 29.1 Å². The Balaban J connectivity index is 1.72. The second-order valence-electron chi connectivity index (χ2n) is 4.66. The van der Waals surface area contributed by atoms with Crippen molar-refractivity contribution >= 4 is 6.03 Å². The number of hydrogen-bond acceptors (Lipinski definition) is 3. The summed E-state index contributed by atoms with van der Waals surface area (Å²) in [4.78, 5) is 13.4. The first-order valence-corrected chi connectivity index (χ1v) is 6.28. The van der Waals surface area contributed by atoms with E-state index in [1.54, 1.807) is 4.90 Å². The van der Waals surface area contributed by atoms with E-state index in [4.69, 9.17) is 9.47 Å². The first-order chi connectivity index (χ1) is 9.24. The predicted molar refractivity (Wildman–Crippen MR) is 65.1 cm³/mol. The number of nitrogens with one attached hydrogen (secondary N) is 1. The Morgan fingerprint density at radius 1 is 1.42 bits per heavy atom. The van der Waals surface area contributed by atoms with Crippen molar-refractivity contribution in [3.8, 4) is 5.75 Å². The zero-order valence-corrected chi connectivity index (χ0v) is 10.4. The fourth-order valence-electron chi connectivity index (χ4n) is 2.19. The van der Waals surface area contributed by atoms with Crippen molar-refractivity contribution in [1.82, 2.24) is 10.2 Å². The van der Waals surface area contributed by atoms with Gasteiger partial charge < -0.3 is 19.7 Å². The van der Waals surface area contributed by atoms with Crippen LogP contribution in [0.15, 0.2) is 12.1 Å². The van der Waals surface area contributed by atoms with Gasteiger partial charge in [0.25, 0.3) is 0 Å². The van der Waals surface area contributed by atoms with Gasteiger partial charge in [-0.05, 0) is 18.6 Å². The molecule has 5 nitrogen and oxygen atoms in total. The summed E-state index contributed by atoms with van der Waals surface area (Å²) >= 11 is 0. The summed E-state index contributed by atoms with van der Waals surface area (Å²) in [6.45, 7) is 2.33. The number of carbonyl (C=O) groups is 1. The molecule has 2 amide bonds. The Morgan fingerprint density at radius 2 is 2.26 bits per heavy atom. The number of amides is 2. The van der Waals surface area contributed by atoms with Crippen LogP contribution in [-0.4, -0.2) is 30.8 Å². The van der Waals surface area contributed by atoms with Crippen LogP contribution in [0, 0.1) is 5.82 Å². The summed E-state index contributed by atoms with van der Waals surface area (Å²) in [5.74, 6) is 0.276. The number of halogens is 1. The summed E-state index contributed by atoms with van der Waals surface area (Å²) in [5.41, 5.74) is 1.33. The molecule has 1 N–H and O–H groups in total. The van der Waals surface area contributed by atoms with E-state index in [1.165, 1.54) is 12.1 Å². The molecule has 0 bridgehead atoms. The van der Waals surface area contributed by atoms with Gasteiger partial charge in [0.05, 0.1) is 6.61 Å². The predicted octanol–water partition coefficient (Wildman–Crippen LogP) is 1.61. The lowest BCUT2D eigenvalue weighted by molar-refractivity contribution is -0.0173. The number of benzene rings is 1. The topological polar surface area (TPSA) is 50.8 Å². The highest BCUT2D eigenvalue weighted by molar-refractivity contribution is 5.75. The zero-order chi connectivity index (χ0) is 13.2. The van der Waals surface area contributed by atoms with E-state index >= 15 is 0 Å². The van der Waals surface area contributed by atoms with Crippen molar-refractivity contribution in [2.75, 3.05) is 19.9 Å². The van der Waals surface area contributed by atoms with Crippen LogP contribution in [0.2, 0.25) is 0 Å². The second-order valence-corrected chi connectivity index (χ2v) is 4.66. The standard InChI is InChI=1S/C13H15FN2O3/c14-11-4-9(6-15-13(17)16-2-1-3-16)12-10(5-11)7-18-8-19-12/h4-5H,1-3,6-8H2,(H,15,17). The fourth-order valence-corrected chi connectivity index (χ4v) is 2.19. The third-order valence-electron chi connectivity index (χ3n) is 3.33. The molecule has 0 aromatic heterocycles. The first-order valence-electron chi connectivity index (χ1n) is 6.28. The highest BCUT2D eigenvalue weighted by atomic mass is 19.1. The lowest BCUT2D eigenvalue weighted by atomic mass is 10.1. The number of nitrogens with zero attached hydrogens (tertiary/aromatic N) is 1. The van der Waals surface area contributed by atoms with E-state index in [0.717, 1.165) is 19.5 Å². The van der Waals surface area contributed by atoms with Crippen molar-refractivity contribution in [3.63, 3.8) is 0 Å². The molecule has 1 aromatic carbocycles. The van der Waals surface area contributed by atoms with E-state index in [9.17, 15) is 9.18 Å². The molecule has 1 fully saturated rings. The van der Waals surface area contributed by atoms with E-state index in [-0.39, 0.29) is 25.2 Å². The molecule has 3 rings (SSSR count). The minimum Gasteiger partial charge on any atom is -0.467 e. The molecule has 0 unspecified atom stereocenters. The number of likely N-dealkylation sites (tertiary alicyclic amines) is 1. The van der Waals surface area contributed by atoms with Gasteiger partial charge in [-0.2, -0.15) is 0 Å². The van der Waals surface area contributed by atoms with Crippen LogP contribution >= 0.6 is 0 Å².